The Kier molecular flexibility index (Phi) is 5.36. The molecule has 2 aromatic rings. The monoisotopic (exact) mass is 347 g/mol. The molecule has 0 aliphatic rings. The number of carbonyl (C=O) groups is 1. The van der Waals surface area contributed by atoms with Gasteiger partial charge in [0, 0.05) is 29.8 Å². The number of rotatable bonds is 6. The Morgan fingerprint density at radius 3 is 2.43 bits per heavy atom. The number of hydrogen-bond donors (Lipinski definition) is 2. The molecule has 0 aromatic heterocycles. The molecule has 0 saturated carbocycles. The Morgan fingerprint density at radius 2 is 1.86 bits per heavy atom. The fraction of sp³-hybridized carbons (Fsp3) is 0.188. The van der Waals surface area contributed by atoms with Crippen molar-refractivity contribution in [3.63, 3.8) is 0 Å². The molecule has 0 saturated heterocycles. The molecule has 2 aromatic carbocycles. The van der Waals surface area contributed by atoms with E-state index < -0.39 is 5.91 Å². The molecule has 0 unspecified atom stereocenters. The van der Waals surface area contributed by atoms with E-state index >= 15 is 0 Å². The van der Waals surface area contributed by atoms with Crippen molar-refractivity contribution in [3.05, 3.63) is 64.1 Å². The predicted molar refractivity (Wildman–Crippen MR) is 89.2 cm³/mol. The van der Waals surface area contributed by atoms with Gasteiger partial charge in [0.05, 0.1) is 5.56 Å². The normalized spacial score (nSPS) is 10.4. The maximum absolute atomic E-state index is 11.3. The minimum absolute atomic E-state index is 0.443. The summed E-state index contributed by atoms with van der Waals surface area (Å²) in [6, 6.07) is 15.7. The highest BCUT2D eigenvalue weighted by molar-refractivity contribution is 9.10. The minimum atomic E-state index is -0.443. The van der Waals surface area contributed by atoms with Gasteiger partial charge in [-0.05, 0) is 39.7 Å². The average molecular weight is 348 g/mol. The Bertz CT molecular complexity index is 616. The summed E-state index contributed by atoms with van der Waals surface area (Å²) in [6.07, 6.45) is 0. The predicted octanol–water partition coefficient (Wildman–Crippen LogP) is 2.51. The Balaban J connectivity index is 2.26. The van der Waals surface area contributed by atoms with Crippen molar-refractivity contribution in [2.75, 3.05) is 18.0 Å². The maximum Gasteiger partial charge on any atom is 0.249 e. The molecule has 0 bridgehead atoms. The number of primary amides is 1. The highest BCUT2D eigenvalue weighted by atomic mass is 79.9. The number of carbonyl (C=O) groups excluding carboxylic acids is 1. The molecule has 110 valence electrons. The Morgan fingerprint density at radius 1 is 1.14 bits per heavy atom. The summed E-state index contributed by atoms with van der Waals surface area (Å²) < 4.78 is 0.697. The van der Waals surface area contributed by atoms with Crippen molar-refractivity contribution in [3.8, 4) is 0 Å². The van der Waals surface area contributed by atoms with Crippen molar-refractivity contribution in [2.45, 2.75) is 6.54 Å². The van der Waals surface area contributed by atoms with Crippen LogP contribution < -0.4 is 16.4 Å². The molecule has 0 fully saturated rings. The van der Waals surface area contributed by atoms with Crippen LogP contribution in [0, 0.1) is 0 Å². The van der Waals surface area contributed by atoms with E-state index in [1.54, 1.807) is 6.07 Å². The van der Waals surface area contributed by atoms with Crippen LogP contribution in [0.25, 0.3) is 0 Å². The lowest BCUT2D eigenvalue weighted by atomic mass is 10.1. The first kappa shape index (κ1) is 15.5. The topological polar surface area (TPSA) is 72.3 Å². The number of anilines is 1. The van der Waals surface area contributed by atoms with Gasteiger partial charge in [0.1, 0.15) is 0 Å². The van der Waals surface area contributed by atoms with E-state index in [0.29, 0.717) is 16.6 Å². The molecule has 0 aliphatic heterocycles. The number of benzene rings is 2. The molecule has 2 rings (SSSR count). The fourth-order valence-corrected chi connectivity index (χ4v) is 2.72. The standard InChI is InChI=1S/C16H18BrN3O/c17-15-10-13(6-7-14(15)16(19)21)20(9-8-18)11-12-4-2-1-3-5-12/h1-7,10H,8-9,11,18H2,(H2,19,21). The van der Waals surface area contributed by atoms with Crippen molar-refractivity contribution in [1.29, 1.82) is 0 Å². The molecule has 4 nitrogen and oxygen atoms in total. The zero-order valence-electron chi connectivity index (χ0n) is 11.6. The van der Waals surface area contributed by atoms with Crippen LogP contribution in [0.5, 0.6) is 0 Å². The molecular weight excluding hydrogens is 330 g/mol. The SMILES string of the molecule is NCCN(Cc1ccccc1)c1ccc(C(N)=O)c(Br)c1. The molecule has 0 atom stereocenters. The second-order valence-corrected chi connectivity index (χ2v) is 5.58. The summed E-state index contributed by atoms with van der Waals surface area (Å²) >= 11 is 3.39. The van der Waals surface area contributed by atoms with E-state index in [1.165, 1.54) is 5.56 Å². The fourth-order valence-electron chi connectivity index (χ4n) is 2.16. The molecule has 5 heteroatoms. The first-order valence-corrected chi connectivity index (χ1v) is 7.49. The second kappa shape index (κ2) is 7.24. The van der Waals surface area contributed by atoms with Gasteiger partial charge >= 0.3 is 0 Å². The maximum atomic E-state index is 11.3. The van der Waals surface area contributed by atoms with Crippen LogP contribution in [-0.2, 0) is 6.54 Å². The second-order valence-electron chi connectivity index (χ2n) is 4.72. The van der Waals surface area contributed by atoms with E-state index in [-0.39, 0.29) is 0 Å². The van der Waals surface area contributed by atoms with Crippen LogP contribution >= 0.6 is 15.9 Å². The molecule has 0 spiro atoms. The van der Waals surface area contributed by atoms with Gasteiger partial charge in [-0.25, -0.2) is 0 Å². The van der Waals surface area contributed by atoms with E-state index in [2.05, 4.69) is 33.0 Å². The van der Waals surface area contributed by atoms with Crippen LogP contribution in [0.3, 0.4) is 0 Å². The van der Waals surface area contributed by atoms with Gasteiger partial charge in [-0.15, -0.1) is 0 Å². The lowest BCUT2D eigenvalue weighted by Gasteiger charge is -2.25. The highest BCUT2D eigenvalue weighted by Gasteiger charge is 2.11. The minimum Gasteiger partial charge on any atom is -0.366 e. The third-order valence-corrected chi connectivity index (χ3v) is 3.85. The number of amides is 1. The third kappa shape index (κ3) is 4.06. The van der Waals surface area contributed by atoms with Crippen molar-refractivity contribution >= 4 is 27.5 Å². The smallest absolute Gasteiger partial charge is 0.249 e. The van der Waals surface area contributed by atoms with Crippen LogP contribution in [0.2, 0.25) is 0 Å². The zero-order valence-corrected chi connectivity index (χ0v) is 13.2. The average Bonchev–Trinajstić information content (AvgIpc) is 2.47. The highest BCUT2D eigenvalue weighted by Crippen LogP contribution is 2.25. The zero-order chi connectivity index (χ0) is 15.2. The van der Waals surface area contributed by atoms with Gasteiger partial charge in [0.2, 0.25) is 5.91 Å². The van der Waals surface area contributed by atoms with Gasteiger partial charge in [-0.2, -0.15) is 0 Å². The summed E-state index contributed by atoms with van der Waals surface area (Å²) in [7, 11) is 0. The summed E-state index contributed by atoms with van der Waals surface area (Å²) in [5.74, 6) is -0.443. The largest absolute Gasteiger partial charge is 0.366 e. The first-order valence-electron chi connectivity index (χ1n) is 6.70. The van der Waals surface area contributed by atoms with Crippen LogP contribution in [0.15, 0.2) is 53.0 Å². The molecule has 0 heterocycles. The summed E-state index contributed by atoms with van der Waals surface area (Å²) in [5.41, 5.74) is 13.7. The Labute approximate surface area is 132 Å². The Hall–Kier alpha value is -1.85. The third-order valence-electron chi connectivity index (χ3n) is 3.20. The summed E-state index contributed by atoms with van der Waals surface area (Å²) in [4.78, 5) is 13.4. The van der Waals surface area contributed by atoms with Crippen LogP contribution in [-0.4, -0.2) is 19.0 Å². The van der Waals surface area contributed by atoms with Crippen LogP contribution in [0.4, 0.5) is 5.69 Å². The molecule has 21 heavy (non-hydrogen) atoms. The lowest BCUT2D eigenvalue weighted by Crippen LogP contribution is -2.29. The number of halogens is 1. The first-order chi connectivity index (χ1) is 10.1. The van der Waals surface area contributed by atoms with Crippen molar-refractivity contribution < 1.29 is 4.79 Å². The molecule has 0 aliphatic carbocycles. The summed E-state index contributed by atoms with van der Waals surface area (Å²) in [6.45, 7) is 2.06. The van der Waals surface area contributed by atoms with Gasteiger partial charge < -0.3 is 16.4 Å². The number of hydrogen-bond acceptors (Lipinski definition) is 3. The van der Waals surface area contributed by atoms with Crippen molar-refractivity contribution in [2.24, 2.45) is 11.5 Å². The molecule has 0 radical (unpaired) electrons. The van der Waals surface area contributed by atoms with Crippen LogP contribution in [0.1, 0.15) is 15.9 Å². The summed E-state index contributed by atoms with van der Waals surface area (Å²) in [5, 5.41) is 0. The quantitative estimate of drug-likeness (QED) is 0.843. The number of nitrogens with zero attached hydrogens (tertiary/aromatic N) is 1. The van der Waals surface area contributed by atoms with Gasteiger partial charge in [-0.1, -0.05) is 30.3 Å². The van der Waals surface area contributed by atoms with Crippen molar-refractivity contribution in [1.82, 2.24) is 0 Å². The van der Waals surface area contributed by atoms with Gasteiger partial charge in [-0.3, -0.25) is 4.79 Å². The van der Waals surface area contributed by atoms with E-state index in [4.69, 9.17) is 11.5 Å². The number of nitrogens with two attached hydrogens (primary N) is 2. The van der Waals surface area contributed by atoms with Gasteiger partial charge in [0.15, 0.2) is 0 Å². The van der Waals surface area contributed by atoms with E-state index in [0.717, 1.165) is 18.8 Å². The van der Waals surface area contributed by atoms with Gasteiger partial charge in [0.25, 0.3) is 0 Å². The lowest BCUT2D eigenvalue weighted by molar-refractivity contribution is 0.0999. The van der Waals surface area contributed by atoms with E-state index in [1.807, 2.05) is 30.3 Å². The van der Waals surface area contributed by atoms with E-state index in [9.17, 15) is 4.79 Å². The molecule has 1 amide bonds. The molecular formula is C16H18BrN3O. The molecule has 4 N–H and O–H groups in total.